The van der Waals surface area contributed by atoms with Gasteiger partial charge in [0, 0.05) is 16.6 Å². The molecule has 1 atom stereocenters. The molecule has 0 fully saturated rings. The van der Waals surface area contributed by atoms with Gasteiger partial charge in [0.15, 0.2) is 6.10 Å². The van der Waals surface area contributed by atoms with Gasteiger partial charge in [0.05, 0.1) is 11.4 Å². The van der Waals surface area contributed by atoms with E-state index in [-0.39, 0.29) is 18.0 Å². The molecule has 3 aromatic rings. The van der Waals surface area contributed by atoms with Crippen molar-refractivity contribution < 1.29 is 18.3 Å². The molecule has 0 saturated carbocycles. The minimum Gasteiger partial charge on any atom is -0.463 e. The maximum Gasteiger partial charge on any atom is 0.271 e. The van der Waals surface area contributed by atoms with Crippen LogP contribution in [0.15, 0.2) is 63.9 Å². The van der Waals surface area contributed by atoms with Crippen molar-refractivity contribution in [2.45, 2.75) is 19.4 Å². The molecule has 150 valence electrons. The first-order chi connectivity index (χ1) is 13.9. The lowest BCUT2D eigenvalue weighted by Crippen LogP contribution is -2.33. The number of nitrogens with zero attached hydrogens (tertiary/aromatic N) is 2. The van der Waals surface area contributed by atoms with Crippen LogP contribution in [0.3, 0.4) is 0 Å². The van der Waals surface area contributed by atoms with Gasteiger partial charge in [-0.05, 0) is 48.9 Å². The second-order valence-corrected chi connectivity index (χ2v) is 6.94. The van der Waals surface area contributed by atoms with Gasteiger partial charge in [-0.1, -0.05) is 22.9 Å². The van der Waals surface area contributed by atoms with Gasteiger partial charge in [0.25, 0.3) is 11.5 Å². The number of amides is 1. The van der Waals surface area contributed by atoms with Gasteiger partial charge in [0.2, 0.25) is 5.88 Å². The van der Waals surface area contributed by atoms with Crippen molar-refractivity contribution in [3.05, 3.63) is 81.1 Å². The fourth-order valence-corrected chi connectivity index (χ4v) is 2.83. The minimum absolute atomic E-state index is 0.0180. The maximum absolute atomic E-state index is 14.0. The number of halogens is 3. The molecule has 0 aliphatic heterocycles. The molecular formula is C20H16BrF2N3O3. The molecular weight excluding hydrogens is 448 g/mol. The molecule has 9 heteroatoms. The van der Waals surface area contributed by atoms with E-state index in [1.807, 2.05) is 0 Å². The highest BCUT2D eigenvalue weighted by Gasteiger charge is 2.21. The molecule has 0 saturated heterocycles. The Bertz CT molecular complexity index is 1090. The molecule has 1 aromatic heterocycles. The Hall–Kier alpha value is -3.07. The smallest absolute Gasteiger partial charge is 0.271 e. The summed E-state index contributed by atoms with van der Waals surface area (Å²) in [5, 5.41) is 6.55. The molecule has 0 aliphatic carbocycles. The van der Waals surface area contributed by atoms with Gasteiger partial charge in [-0.2, -0.15) is 4.68 Å². The van der Waals surface area contributed by atoms with Crippen LogP contribution in [-0.2, 0) is 4.79 Å². The largest absolute Gasteiger partial charge is 0.463 e. The van der Waals surface area contributed by atoms with Crippen LogP contribution in [0, 0.1) is 11.6 Å². The van der Waals surface area contributed by atoms with E-state index in [1.165, 1.54) is 48.5 Å². The van der Waals surface area contributed by atoms with Crippen LogP contribution in [0.25, 0.3) is 5.69 Å². The van der Waals surface area contributed by atoms with Gasteiger partial charge in [-0.25, -0.2) is 8.78 Å². The van der Waals surface area contributed by atoms with Crippen molar-refractivity contribution in [2.75, 3.05) is 5.32 Å². The van der Waals surface area contributed by atoms with Gasteiger partial charge in [-0.15, -0.1) is 5.10 Å². The van der Waals surface area contributed by atoms with E-state index in [0.29, 0.717) is 10.2 Å². The number of benzene rings is 2. The summed E-state index contributed by atoms with van der Waals surface area (Å²) in [5.41, 5.74) is -0.0841. The molecule has 0 radical (unpaired) electrons. The molecule has 0 aliphatic rings. The van der Waals surface area contributed by atoms with Crippen molar-refractivity contribution in [3.8, 4) is 11.6 Å². The second-order valence-electron chi connectivity index (χ2n) is 6.03. The van der Waals surface area contributed by atoms with Crippen LogP contribution >= 0.6 is 15.9 Å². The number of hydrogen-bond acceptors (Lipinski definition) is 4. The fourth-order valence-electron chi connectivity index (χ4n) is 2.50. The number of ether oxygens (including phenoxy) is 1. The van der Waals surface area contributed by atoms with E-state index in [4.69, 9.17) is 4.74 Å². The van der Waals surface area contributed by atoms with Gasteiger partial charge >= 0.3 is 0 Å². The Balaban J connectivity index is 1.79. The van der Waals surface area contributed by atoms with Gasteiger partial charge < -0.3 is 10.1 Å². The molecule has 0 unspecified atom stereocenters. The van der Waals surface area contributed by atoms with E-state index < -0.39 is 29.2 Å². The van der Waals surface area contributed by atoms with Crippen molar-refractivity contribution in [1.29, 1.82) is 0 Å². The average Bonchev–Trinajstić information content (AvgIpc) is 2.70. The van der Waals surface area contributed by atoms with E-state index in [9.17, 15) is 18.4 Å². The van der Waals surface area contributed by atoms with Crippen LogP contribution in [0.4, 0.5) is 14.5 Å². The standard InChI is InChI=1S/C20H16BrF2N3O3/c1-2-17(20(28)24-16-8-3-12(21)11-15(16)23)29-18-9-10-19(27)26(25-18)14-6-4-13(22)5-7-14/h3-11,17H,2H2,1H3,(H,24,28)/t17-/m1/s1. The van der Waals surface area contributed by atoms with Crippen molar-refractivity contribution in [2.24, 2.45) is 0 Å². The lowest BCUT2D eigenvalue weighted by atomic mass is 10.2. The summed E-state index contributed by atoms with van der Waals surface area (Å²) in [7, 11) is 0. The molecule has 3 rings (SSSR count). The molecule has 6 nitrogen and oxygen atoms in total. The van der Waals surface area contributed by atoms with E-state index in [1.54, 1.807) is 13.0 Å². The predicted molar refractivity (Wildman–Crippen MR) is 107 cm³/mol. The van der Waals surface area contributed by atoms with Crippen molar-refractivity contribution in [1.82, 2.24) is 9.78 Å². The average molecular weight is 464 g/mol. The Morgan fingerprint density at radius 1 is 1.17 bits per heavy atom. The first kappa shape index (κ1) is 20.7. The topological polar surface area (TPSA) is 73.2 Å². The Morgan fingerprint density at radius 3 is 2.55 bits per heavy atom. The minimum atomic E-state index is -0.968. The fraction of sp³-hybridized carbons (Fsp3) is 0.150. The van der Waals surface area contributed by atoms with Crippen LogP contribution < -0.4 is 15.6 Å². The second kappa shape index (κ2) is 8.95. The predicted octanol–water partition coefficient (Wildman–Crippen LogP) is 4.07. The summed E-state index contributed by atoms with van der Waals surface area (Å²) in [6, 6.07) is 12.0. The molecule has 29 heavy (non-hydrogen) atoms. The Labute approximate surface area is 173 Å². The number of carbonyl (C=O) groups is 1. The number of nitrogens with one attached hydrogen (secondary N) is 1. The van der Waals surface area contributed by atoms with Crippen molar-refractivity contribution >= 4 is 27.5 Å². The number of rotatable bonds is 6. The SMILES string of the molecule is CC[C@@H](Oc1ccc(=O)n(-c2ccc(F)cc2)n1)C(=O)Nc1ccc(Br)cc1F. The van der Waals surface area contributed by atoms with E-state index in [0.717, 1.165) is 4.68 Å². The maximum atomic E-state index is 14.0. The Morgan fingerprint density at radius 2 is 1.90 bits per heavy atom. The normalized spacial score (nSPS) is 11.7. The number of carbonyl (C=O) groups excluding carboxylic acids is 1. The molecule has 1 N–H and O–H groups in total. The van der Waals surface area contributed by atoms with Crippen molar-refractivity contribution in [3.63, 3.8) is 0 Å². The summed E-state index contributed by atoms with van der Waals surface area (Å²) < 4.78 is 34.3. The lowest BCUT2D eigenvalue weighted by molar-refractivity contribution is -0.123. The first-order valence-electron chi connectivity index (χ1n) is 8.66. The summed E-state index contributed by atoms with van der Waals surface area (Å²) in [6.45, 7) is 1.72. The molecule has 1 heterocycles. The summed E-state index contributed by atoms with van der Waals surface area (Å²) in [6.07, 6.45) is -0.689. The summed E-state index contributed by atoms with van der Waals surface area (Å²) in [4.78, 5) is 24.6. The molecule has 1 amide bonds. The third-order valence-corrected chi connectivity index (χ3v) is 4.46. The number of anilines is 1. The number of hydrogen-bond donors (Lipinski definition) is 1. The third kappa shape index (κ3) is 5.05. The zero-order chi connectivity index (χ0) is 21.0. The first-order valence-corrected chi connectivity index (χ1v) is 9.45. The molecule has 0 spiro atoms. The Kier molecular flexibility index (Phi) is 6.38. The summed E-state index contributed by atoms with van der Waals surface area (Å²) >= 11 is 3.15. The van der Waals surface area contributed by atoms with Gasteiger partial charge in [0.1, 0.15) is 11.6 Å². The third-order valence-electron chi connectivity index (χ3n) is 3.96. The zero-order valence-electron chi connectivity index (χ0n) is 15.2. The highest BCUT2D eigenvalue weighted by atomic mass is 79.9. The lowest BCUT2D eigenvalue weighted by Gasteiger charge is -2.17. The molecule has 0 bridgehead atoms. The highest BCUT2D eigenvalue weighted by molar-refractivity contribution is 9.10. The van der Waals surface area contributed by atoms with Crippen LogP contribution in [0.1, 0.15) is 13.3 Å². The molecule has 2 aromatic carbocycles. The van der Waals surface area contributed by atoms with Gasteiger partial charge in [-0.3, -0.25) is 9.59 Å². The van der Waals surface area contributed by atoms with E-state index >= 15 is 0 Å². The monoisotopic (exact) mass is 463 g/mol. The van der Waals surface area contributed by atoms with E-state index in [2.05, 4.69) is 26.3 Å². The number of aromatic nitrogens is 2. The van der Waals surface area contributed by atoms with Crippen LogP contribution in [0.5, 0.6) is 5.88 Å². The zero-order valence-corrected chi connectivity index (χ0v) is 16.8. The quantitative estimate of drug-likeness (QED) is 0.597. The summed E-state index contributed by atoms with van der Waals surface area (Å²) in [5.74, 6) is -1.58. The van der Waals surface area contributed by atoms with Crippen LogP contribution in [-0.4, -0.2) is 21.8 Å². The van der Waals surface area contributed by atoms with Crippen LogP contribution in [0.2, 0.25) is 0 Å². The highest BCUT2D eigenvalue weighted by Crippen LogP contribution is 2.20.